The maximum absolute atomic E-state index is 12.3. The van der Waals surface area contributed by atoms with E-state index >= 15 is 0 Å². The second-order valence-electron chi connectivity index (χ2n) is 5.01. The van der Waals surface area contributed by atoms with Crippen molar-refractivity contribution in [2.75, 3.05) is 5.32 Å². The van der Waals surface area contributed by atoms with Crippen LogP contribution in [0.2, 0.25) is 0 Å². The van der Waals surface area contributed by atoms with E-state index in [1.54, 1.807) is 6.20 Å². The molecule has 1 fully saturated rings. The van der Waals surface area contributed by atoms with Crippen LogP contribution >= 0.6 is 0 Å². The minimum absolute atomic E-state index is 0.0126. The number of hydrogen-bond donors (Lipinski definition) is 2. The fourth-order valence-corrected chi connectivity index (χ4v) is 2.36. The Morgan fingerprint density at radius 1 is 1.65 bits per heavy atom. The Morgan fingerprint density at radius 3 is 3.00 bits per heavy atom. The number of carbonyl (C=O) groups is 1. The van der Waals surface area contributed by atoms with Gasteiger partial charge in [-0.15, -0.1) is 0 Å². The van der Waals surface area contributed by atoms with Crippen molar-refractivity contribution in [1.82, 2.24) is 4.98 Å². The molecule has 1 aliphatic rings. The molecule has 92 valence electrons. The maximum atomic E-state index is 12.3. The zero-order valence-electron chi connectivity index (χ0n) is 10.4. The Bertz CT molecular complexity index is 432. The average Bonchev–Trinajstić information content (AvgIpc) is 2.64. The molecular formula is C13H19N3O. The van der Waals surface area contributed by atoms with Gasteiger partial charge in [0.05, 0.1) is 16.8 Å². The largest absolute Gasteiger partial charge is 0.327 e. The minimum atomic E-state index is -0.442. The molecule has 2 atom stereocenters. The number of carbonyl (C=O) groups excluding carboxylic acids is 1. The number of rotatable bonds is 2. The third-order valence-corrected chi connectivity index (χ3v) is 3.80. The van der Waals surface area contributed by atoms with Crippen LogP contribution in [0, 0.1) is 12.3 Å². The molecule has 0 aromatic carbocycles. The number of nitrogens with two attached hydrogens (primary N) is 1. The summed E-state index contributed by atoms with van der Waals surface area (Å²) < 4.78 is 0. The molecule has 0 bridgehead atoms. The van der Waals surface area contributed by atoms with Gasteiger partial charge in [0.25, 0.3) is 0 Å². The minimum Gasteiger partial charge on any atom is -0.327 e. The molecule has 1 aromatic rings. The Kier molecular flexibility index (Phi) is 3.15. The van der Waals surface area contributed by atoms with Crippen molar-refractivity contribution in [1.29, 1.82) is 0 Å². The van der Waals surface area contributed by atoms with Gasteiger partial charge in [-0.25, -0.2) is 0 Å². The Morgan fingerprint density at radius 2 is 2.41 bits per heavy atom. The highest BCUT2D eigenvalue weighted by Gasteiger charge is 2.43. The van der Waals surface area contributed by atoms with Gasteiger partial charge in [0.2, 0.25) is 5.91 Å². The van der Waals surface area contributed by atoms with E-state index in [4.69, 9.17) is 5.73 Å². The molecule has 17 heavy (non-hydrogen) atoms. The molecule has 1 heterocycles. The van der Waals surface area contributed by atoms with E-state index in [9.17, 15) is 4.79 Å². The standard InChI is InChI=1S/C13H19N3O/c1-9-10(5-4-8-15-9)16-12(17)13(2)7-3-6-11(13)14/h4-5,8,11H,3,6-7,14H2,1-2H3,(H,16,17). The van der Waals surface area contributed by atoms with E-state index in [1.165, 1.54) is 0 Å². The topological polar surface area (TPSA) is 68.0 Å². The first-order valence-electron chi connectivity index (χ1n) is 6.03. The zero-order chi connectivity index (χ0) is 12.5. The van der Waals surface area contributed by atoms with Crippen molar-refractivity contribution in [3.63, 3.8) is 0 Å². The van der Waals surface area contributed by atoms with Crippen molar-refractivity contribution in [2.45, 2.75) is 39.2 Å². The van der Waals surface area contributed by atoms with E-state index in [1.807, 2.05) is 26.0 Å². The molecular weight excluding hydrogens is 214 g/mol. The second-order valence-corrected chi connectivity index (χ2v) is 5.01. The van der Waals surface area contributed by atoms with Crippen molar-refractivity contribution in [2.24, 2.45) is 11.1 Å². The van der Waals surface area contributed by atoms with Crippen LogP contribution in [0.4, 0.5) is 5.69 Å². The summed E-state index contributed by atoms with van der Waals surface area (Å²) in [5, 5.41) is 2.94. The third kappa shape index (κ3) is 2.17. The van der Waals surface area contributed by atoms with E-state index in [-0.39, 0.29) is 11.9 Å². The quantitative estimate of drug-likeness (QED) is 0.819. The van der Waals surface area contributed by atoms with Crippen molar-refractivity contribution in [3.05, 3.63) is 24.0 Å². The van der Waals surface area contributed by atoms with Crippen LogP contribution < -0.4 is 11.1 Å². The first kappa shape index (κ1) is 12.0. The van der Waals surface area contributed by atoms with Gasteiger partial charge in [-0.2, -0.15) is 0 Å². The fraction of sp³-hybridized carbons (Fsp3) is 0.538. The molecule has 3 N–H and O–H groups in total. The van der Waals surface area contributed by atoms with Crippen molar-refractivity contribution >= 4 is 11.6 Å². The molecule has 0 aliphatic heterocycles. The van der Waals surface area contributed by atoms with Gasteiger partial charge < -0.3 is 11.1 Å². The lowest BCUT2D eigenvalue weighted by Crippen LogP contribution is -2.44. The molecule has 0 spiro atoms. The summed E-state index contributed by atoms with van der Waals surface area (Å²) in [7, 11) is 0. The lowest BCUT2D eigenvalue weighted by Gasteiger charge is -2.27. The molecule has 1 saturated carbocycles. The van der Waals surface area contributed by atoms with E-state index < -0.39 is 5.41 Å². The monoisotopic (exact) mass is 233 g/mol. The molecule has 4 nitrogen and oxygen atoms in total. The number of anilines is 1. The SMILES string of the molecule is Cc1ncccc1NC(=O)C1(C)CCCC1N. The van der Waals surface area contributed by atoms with Crippen molar-refractivity contribution < 1.29 is 4.79 Å². The van der Waals surface area contributed by atoms with Crippen LogP contribution in [0.25, 0.3) is 0 Å². The first-order valence-corrected chi connectivity index (χ1v) is 6.03. The van der Waals surface area contributed by atoms with Gasteiger partial charge >= 0.3 is 0 Å². The van der Waals surface area contributed by atoms with Crippen molar-refractivity contribution in [3.8, 4) is 0 Å². The molecule has 1 aromatic heterocycles. The fourth-order valence-electron chi connectivity index (χ4n) is 2.36. The number of amides is 1. The Hall–Kier alpha value is -1.42. The Balaban J connectivity index is 2.15. The number of nitrogens with one attached hydrogen (secondary N) is 1. The molecule has 4 heteroatoms. The average molecular weight is 233 g/mol. The lowest BCUT2D eigenvalue weighted by atomic mass is 9.84. The third-order valence-electron chi connectivity index (χ3n) is 3.80. The van der Waals surface area contributed by atoms with Gasteiger partial charge in [0.15, 0.2) is 0 Å². The maximum Gasteiger partial charge on any atom is 0.231 e. The number of aromatic nitrogens is 1. The molecule has 2 rings (SSSR count). The molecule has 2 unspecified atom stereocenters. The first-order chi connectivity index (χ1) is 8.04. The predicted octanol–water partition coefficient (Wildman–Crippen LogP) is 1.85. The number of hydrogen-bond acceptors (Lipinski definition) is 3. The summed E-state index contributed by atoms with van der Waals surface area (Å²) in [5.41, 5.74) is 7.19. The van der Waals surface area contributed by atoms with Gasteiger partial charge in [-0.05, 0) is 38.8 Å². The predicted molar refractivity (Wildman–Crippen MR) is 67.5 cm³/mol. The normalized spacial score (nSPS) is 28.1. The van der Waals surface area contributed by atoms with Crippen LogP contribution in [0.3, 0.4) is 0 Å². The van der Waals surface area contributed by atoms with Crippen LogP contribution in [0.15, 0.2) is 18.3 Å². The summed E-state index contributed by atoms with van der Waals surface area (Å²) in [6.45, 7) is 3.83. The van der Waals surface area contributed by atoms with E-state index in [0.717, 1.165) is 30.6 Å². The number of pyridine rings is 1. The van der Waals surface area contributed by atoms with Crippen LogP contribution in [-0.2, 0) is 4.79 Å². The smallest absolute Gasteiger partial charge is 0.231 e. The van der Waals surface area contributed by atoms with Crippen LogP contribution in [0.1, 0.15) is 31.9 Å². The van der Waals surface area contributed by atoms with Gasteiger partial charge in [0.1, 0.15) is 0 Å². The summed E-state index contributed by atoms with van der Waals surface area (Å²) in [5.74, 6) is 0.0126. The highest BCUT2D eigenvalue weighted by Crippen LogP contribution is 2.37. The highest BCUT2D eigenvalue weighted by atomic mass is 16.2. The number of aryl methyl sites for hydroxylation is 1. The van der Waals surface area contributed by atoms with Gasteiger partial charge in [-0.1, -0.05) is 6.42 Å². The summed E-state index contributed by atoms with van der Waals surface area (Å²) in [6, 6.07) is 3.64. The molecule has 1 amide bonds. The second kappa shape index (κ2) is 4.45. The molecule has 0 radical (unpaired) electrons. The van der Waals surface area contributed by atoms with Gasteiger partial charge in [0, 0.05) is 12.2 Å². The van der Waals surface area contributed by atoms with Gasteiger partial charge in [-0.3, -0.25) is 9.78 Å². The summed E-state index contributed by atoms with van der Waals surface area (Å²) >= 11 is 0. The summed E-state index contributed by atoms with van der Waals surface area (Å²) in [4.78, 5) is 16.4. The van der Waals surface area contributed by atoms with E-state index in [2.05, 4.69) is 10.3 Å². The van der Waals surface area contributed by atoms with Crippen LogP contribution in [0.5, 0.6) is 0 Å². The highest BCUT2D eigenvalue weighted by molar-refractivity contribution is 5.96. The lowest BCUT2D eigenvalue weighted by molar-refractivity contribution is -0.125. The molecule has 0 saturated heterocycles. The van der Waals surface area contributed by atoms with E-state index in [0.29, 0.717) is 0 Å². The Labute approximate surface area is 102 Å². The molecule has 1 aliphatic carbocycles. The number of nitrogens with zero attached hydrogens (tertiary/aromatic N) is 1. The van der Waals surface area contributed by atoms with Crippen LogP contribution in [-0.4, -0.2) is 16.9 Å². The zero-order valence-corrected chi connectivity index (χ0v) is 10.4. The summed E-state index contributed by atoms with van der Waals surface area (Å²) in [6.07, 6.45) is 4.53.